The van der Waals surface area contributed by atoms with Gasteiger partial charge < -0.3 is 10.6 Å². The Morgan fingerprint density at radius 3 is 2.47 bits per heavy atom. The third-order valence-electron chi connectivity index (χ3n) is 3.11. The second-order valence-electron chi connectivity index (χ2n) is 4.23. The van der Waals surface area contributed by atoms with E-state index >= 15 is 0 Å². The predicted molar refractivity (Wildman–Crippen MR) is 58.9 cm³/mol. The van der Waals surface area contributed by atoms with Crippen LogP contribution in [0.15, 0.2) is 0 Å². The number of H-pyrrole nitrogens is 1. The van der Waals surface area contributed by atoms with Crippen LogP contribution in [0.25, 0.3) is 0 Å². The molecule has 1 saturated heterocycles. The lowest BCUT2D eigenvalue weighted by Gasteiger charge is -2.30. The summed E-state index contributed by atoms with van der Waals surface area (Å²) in [5, 5.41) is 10.1. The Kier molecular flexibility index (Phi) is 3.08. The normalized spacial score (nSPS) is 17.1. The highest BCUT2D eigenvalue weighted by Crippen LogP contribution is 2.18. The van der Waals surface area contributed by atoms with Gasteiger partial charge in [0.25, 0.3) is 5.91 Å². The van der Waals surface area contributed by atoms with E-state index in [1.54, 1.807) is 11.8 Å². The van der Waals surface area contributed by atoms with Gasteiger partial charge in [-0.1, -0.05) is 0 Å². The number of likely N-dealkylation sites (tertiary alicyclic amines) is 1. The SMILES string of the molecule is Cc1n[nH]nc1C(=O)N1CCC(C(N)=O)CC1. The molecule has 2 amide bonds. The quantitative estimate of drug-likeness (QED) is 0.720. The number of primary amides is 1. The molecule has 1 aromatic rings. The molecule has 0 bridgehead atoms. The van der Waals surface area contributed by atoms with Gasteiger partial charge in [0.15, 0.2) is 5.69 Å². The molecule has 7 nitrogen and oxygen atoms in total. The van der Waals surface area contributed by atoms with E-state index in [1.165, 1.54) is 0 Å². The van der Waals surface area contributed by atoms with E-state index in [0.29, 0.717) is 37.3 Å². The van der Waals surface area contributed by atoms with Crippen molar-refractivity contribution in [1.29, 1.82) is 0 Å². The summed E-state index contributed by atoms with van der Waals surface area (Å²) in [4.78, 5) is 24.7. The van der Waals surface area contributed by atoms with Gasteiger partial charge in [0.05, 0.1) is 5.69 Å². The van der Waals surface area contributed by atoms with Crippen molar-refractivity contribution in [3.63, 3.8) is 0 Å². The van der Waals surface area contributed by atoms with Gasteiger partial charge in [-0.15, -0.1) is 0 Å². The number of aryl methyl sites for hydroxylation is 1. The van der Waals surface area contributed by atoms with Crippen LogP contribution in [0.4, 0.5) is 0 Å². The molecular weight excluding hydrogens is 222 g/mol. The molecule has 2 heterocycles. The topological polar surface area (TPSA) is 105 Å². The van der Waals surface area contributed by atoms with Gasteiger partial charge in [0.1, 0.15) is 0 Å². The summed E-state index contributed by atoms with van der Waals surface area (Å²) in [6, 6.07) is 0. The number of carbonyl (C=O) groups excluding carboxylic acids is 2. The minimum absolute atomic E-state index is 0.113. The van der Waals surface area contributed by atoms with Gasteiger partial charge in [0.2, 0.25) is 5.91 Å². The monoisotopic (exact) mass is 237 g/mol. The van der Waals surface area contributed by atoms with Crippen LogP contribution in [0.3, 0.4) is 0 Å². The lowest BCUT2D eigenvalue weighted by Crippen LogP contribution is -2.42. The molecule has 0 aliphatic carbocycles. The molecule has 0 unspecified atom stereocenters. The summed E-state index contributed by atoms with van der Waals surface area (Å²) in [5.41, 5.74) is 6.18. The Labute approximate surface area is 98.4 Å². The molecule has 7 heteroatoms. The summed E-state index contributed by atoms with van der Waals surface area (Å²) in [7, 11) is 0. The Morgan fingerprint density at radius 1 is 1.35 bits per heavy atom. The number of aromatic amines is 1. The summed E-state index contributed by atoms with van der Waals surface area (Å²) in [6.45, 7) is 2.81. The Morgan fingerprint density at radius 2 is 2.00 bits per heavy atom. The van der Waals surface area contributed by atoms with Gasteiger partial charge in [-0.2, -0.15) is 15.4 Å². The fraction of sp³-hybridized carbons (Fsp3) is 0.600. The first kappa shape index (κ1) is 11.6. The van der Waals surface area contributed by atoms with E-state index in [2.05, 4.69) is 15.4 Å². The minimum atomic E-state index is -0.283. The van der Waals surface area contributed by atoms with Crippen molar-refractivity contribution < 1.29 is 9.59 Å². The predicted octanol–water partition coefficient (Wildman–Crippen LogP) is -0.549. The summed E-state index contributed by atoms with van der Waals surface area (Å²) < 4.78 is 0. The smallest absolute Gasteiger partial charge is 0.276 e. The molecule has 0 spiro atoms. The van der Waals surface area contributed by atoms with Crippen LogP contribution in [-0.4, -0.2) is 45.2 Å². The number of piperidine rings is 1. The molecule has 0 saturated carbocycles. The summed E-state index contributed by atoms with van der Waals surface area (Å²) >= 11 is 0. The van der Waals surface area contributed by atoms with Crippen LogP contribution in [0, 0.1) is 12.8 Å². The molecule has 0 radical (unpaired) electrons. The van der Waals surface area contributed by atoms with Crippen molar-refractivity contribution in [2.45, 2.75) is 19.8 Å². The minimum Gasteiger partial charge on any atom is -0.369 e. The Balaban J connectivity index is 2.00. The zero-order valence-corrected chi connectivity index (χ0v) is 9.64. The van der Waals surface area contributed by atoms with Gasteiger partial charge in [-0.05, 0) is 19.8 Å². The third-order valence-corrected chi connectivity index (χ3v) is 3.11. The molecule has 1 aliphatic rings. The molecule has 92 valence electrons. The van der Waals surface area contributed by atoms with E-state index < -0.39 is 0 Å². The van der Waals surface area contributed by atoms with E-state index in [0.717, 1.165) is 0 Å². The fourth-order valence-corrected chi connectivity index (χ4v) is 2.00. The molecule has 0 atom stereocenters. The van der Waals surface area contributed by atoms with Gasteiger partial charge in [-0.25, -0.2) is 0 Å². The van der Waals surface area contributed by atoms with Crippen LogP contribution < -0.4 is 5.73 Å². The number of nitrogens with two attached hydrogens (primary N) is 1. The highest BCUT2D eigenvalue weighted by Gasteiger charge is 2.28. The first-order chi connectivity index (χ1) is 8.09. The molecule has 1 fully saturated rings. The molecule has 3 N–H and O–H groups in total. The van der Waals surface area contributed by atoms with E-state index in [-0.39, 0.29) is 17.7 Å². The van der Waals surface area contributed by atoms with Crippen molar-refractivity contribution in [2.75, 3.05) is 13.1 Å². The van der Waals surface area contributed by atoms with Crippen LogP contribution >= 0.6 is 0 Å². The molecule has 1 aromatic heterocycles. The number of nitrogens with one attached hydrogen (secondary N) is 1. The standard InChI is InChI=1S/C10H15N5O2/c1-6-8(13-14-12-6)10(17)15-4-2-7(3-5-15)9(11)16/h7H,2-5H2,1H3,(H2,11,16)(H,12,13,14). The number of amides is 2. The molecule has 17 heavy (non-hydrogen) atoms. The second kappa shape index (κ2) is 4.52. The largest absolute Gasteiger partial charge is 0.369 e. The van der Waals surface area contributed by atoms with Gasteiger partial charge >= 0.3 is 0 Å². The zero-order chi connectivity index (χ0) is 12.4. The molecule has 1 aliphatic heterocycles. The number of hydrogen-bond donors (Lipinski definition) is 2. The summed E-state index contributed by atoms with van der Waals surface area (Å²) in [5.74, 6) is -0.536. The first-order valence-corrected chi connectivity index (χ1v) is 5.55. The van der Waals surface area contributed by atoms with Gasteiger partial charge in [-0.3, -0.25) is 9.59 Å². The fourth-order valence-electron chi connectivity index (χ4n) is 2.00. The average Bonchev–Trinajstić information content (AvgIpc) is 2.74. The van der Waals surface area contributed by atoms with Crippen LogP contribution in [0.1, 0.15) is 29.0 Å². The van der Waals surface area contributed by atoms with E-state index in [9.17, 15) is 9.59 Å². The second-order valence-corrected chi connectivity index (χ2v) is 4.23. The zero-order valence-electron chi connectivity index (χ0n) is 9.64. The average molecular weight is 237 g/mol. The molecule has 0 aromatic carbocycles. The van der Waals surface area contributed by atoms with Crippen molar-refractivity contribution in [3.8, 4) is 0 Å². The number of hydrogen-bond acceptors (Lipinski definition) is 4. The first-order valence-electron chi connectivity index (χ1n) is 5.55. The van der Waals surface area contributed by atoms with Crippen molar-refractivity contribution in [2.24, 2.45) is 11.7 Å². The number of aromatic nitrogens is 3. The van der Waals surface area contributed by atoms with Crippen LogP contribution in [0.5, 0.6) is 0 Å². The summed E-state index contributed by atoms with van der Waals surface area (Å²) in [6.07, 6.45) is 1.25. The maximum Gasteiger partial charge on any atom is 0.276 e. The Bertz CT molecular complexity index is 434. The van der Waals surface area contributed by atoms with E-state index in [4.69, 9.17) is 5.73 Å². The molecule has 2 rings (SSSR count). The van der Waals surface area contributed by atoms with Gasteiger partial charge in [0, 0.05) is 19.0 Å². The molecular formula is C10H15N5O2. The highest BCUT2D eigenvalue weighted by molar-refractivity contribution is 5.93. The lowest BCUT2D eigenvalue weighted by molar-refractivity contribution is -0.123. The van der Waals surface area contributed by atoms with Crippen LogP contribution in [0.2, 0.25) is 0 Å². The number of nitrogens with zero attached hydrogens (tertiary/aromatic N) is 3. The maximum atomic E-state index is 12.0. The Hall–Kier alpha value is -1.92. The highest BCUT2D eigenvalue weighted by atomic mass is 16.2. The number of carbonyl (C=O) groups is 2. The van der Waals surface area contributed by atoms with Crippen molar-refractivity contribution in [1.82, 2.24) is 20.3 Å². The van der Waals surface area contributed by atoms with Crippen molar-refractivity contribution >= 4 is 11.8 Å². The maximum absolute atomic E-state index is 12.0. The third kappa shape index (κ3) is 2.27. The van der Waals surface area contributed by atoms with Crippen molar-refractivity contribution in [3.05, 3.63) is 11.4 Å². The lowest BCUT2D eigenvalue weighted by atomic mass is 9.96. The van der Waals surface area contributed by atoms with E-state index in [1.807, 2.05) is 0 Å². The van der Waals surface area contributed by atoms with Crippen LogP contribution in [-0.2, 0) is 4.79 Å². The number of rotatable bonds is 2.